The zero-order valence-electron chi connectivity index (χ0n) is 10.5. The summed E-state index contributed by atoms with van der Waals surface area (Å²) in [5, 5.41) is 0.351. The molecule has 94 valence electrons. The molecule has 5 heteroatoms. The molecule has 0 aromatic carbocycles. The van der Waals surface area contributed by atoms with Crippen LogP contribution < -0.4 is 4.90 Å². The molecule has 0 spiro atoms. The van der Waals surface area contributed by atoms with Crippen LogP contribution in [0, 0.1) is 0 Å². The van der Waals surface area contributed by atoms with Crippen molar-refractivity contribution < 1.29 is 9.53 Å². The van der Waals surface area contributed by atoms with Gasteiger partial charge < -0.3 is 4.74 Å². The van der Waals surface area contributed by atoms with E-state index in [-0.39, 0.29) is 6.09 Å². The Morgan fingerprint density at radius 3 is 2.65 bits per heavy atom. The largest absolute Gasteiger partial charge is 0.443 e. The summed E-state index contributed by atoms with van der Waals surface area (Å²) < 4.78 is 5.31. The minimum Gasteiger partial charge on any atom is -0.443 e. The van der Waals surface area contributed by atoms with E-state index in [9.17, 15) is 4.79 Å². The molecule has 0 radical (unpaired) electrons. The number of carbonyl (C=O) groups is 1. The van der Waals surface area contributed by atoms with Gasteiger partial charge in [-0.1, -0.05) is 11.6 Å². The highest BCUT2D eigenvalue weighted by Crippen LogP contribution is 2.20. The molecule has 0 atom stereocenters. The summed E-state index contributed by atoms with van der Waals surface area (Å²) in [5.41, 5.74) is 0.170. The molecule has 1 aromatic heterocycles. The molecule has 0 saturated carbocycles. The third-order valence-corrected chi connectivity index (χ3v) is 2.16. The van der Waals surface area contributed by atoms with Gasteiger partial charge in [0.15, 0.2) is 0 Å². The van der Waals surface area contributed by atoms with E-state index in [2.05, 4.69) is 4.98 Å². The maximum atomic E-state index is 11.9. The van der Waals surface area contributed by atoms with E-state index in [1.807, 2.05) is 27.7 Å². The minimum absolute atomic E-state index is 0.351. The number of nitrogens with zero attached hydrogens (tertiary/aromatic N) is 2. The molecule has 0 saturated heterocycles. The second-order valence-electron chi connectivity index (χ2n) is 4.56. The van der Waals surface area contributed by atoms with Crippen molar-refractivity contribution >= 4 is 23.4 Å². The van der Waals surface area contributed by atoms with Crippen LogP contribution in [0.5, 0.6) is 0 Å². The van der Waals surface area contributed by atoms with Crippen LogP contribution in [0.1, 0.15) is 27.7 Å². The van der Waals surface area contributed by atoms with Crippen molar-refractivity contribution in [3.8, 4) is 0 Å². The Hall–Kier alpha value is -1.29. The number of ether oxygens (including phenoxy) is 1. The molecule has 1 amide bonds. The SMILES string of the molecule is CCN(C(=O)OC(C)(C)C)c1ccnc(Cl)c1. The first kappa shape index (κ1) is 13.8. The molecule has 1 rings (SSSR count). The molecule has 0 aliphatic heterocycles. The van der Waals surface area contributed by atoms with Crippen LogP contribution in [0.2, 0.25) is 5.15 Å². The minimum atomic E-state index is -0.513. The lowest BCUT2D eigenvalue weighted by Gasteiger charge is -2.26. The summed E-state index contributed by atoms with van der Waals surface area (Å²) in [5.74, 6) is 0. The van der Waals surface area contributed by atoms with E-state index in [4.69, 9.17) is 16.3 Å². The Labute approximate surface area is 107 Å². The molecule has 1 heterocycles. The Morgan fingerprint density at radius 1 is 1.53 bits per heavy atom. The van der Waals surface area contributed by atoms with Gasteiger partial charge in [-0.2, -0.15) is 0 Å². The second kappa shape index (κ2) is 5.36. The number of pyridine rings is 1. The molecular weight excluding hydrogens is 240 g/mol. The number of hydrogen-bond donors (Lipinski definition) is 0. The van der Waals surface area contributed by atoms with Gasteiger partial charge in [0.05, 0.1) is 5.69 Å². The topological polar surface area (TPSA) is 42.4 Å². The third-order valence-electron chi connectivity index (χ3n) is 1.95. The van der Waals surface area contributed by atoms with Crippen LogP contribution in [-0.2, 0) is 4.74 Å². The lowest BCUT2D eigenvalue weighted by molar-refractivity contribution is 0.0582. The third kappa shape index (κ3) is 4.23. The molecule has 4 nitrogen and oxygen atoms in total. The van der Waals surface area contributed by atoms with E-state index in [0.717, 1.165) is 0 Å². The van der Waals surface area contributed by atoms with Gasteiger partial charge in [0, 0.05) is 12.7 Å². The van der Waals surface area contributed by atoms with Crippen molar-refractivity contribution in [3.63, 3.8) is 0 Å². The fraction of sp³-hybridized carbons (Fsp3) is 0.500. The Kier molecular flexibility index (Phi) is 4.34. The van der Waals surface area contributed by atoms with Gasteiger partial charge in [-0.3, -0.25) is 4.90 Å². The Bertz CT molecular complexity index is 402. The van der Waals surface area contributed by atoms with E-state index >= 15 is 0 Å². The normalized spacial score (nSPS) is 11.1. The number of aromatic nitrogens is 1. The summed E-state index contributed by atoms with van der Waals surface area (Å²) in [6.07, 6.45) is 1.17. The van der Waals surface area contributed by atoms with Crippen LogP contribution in [-0.4, -0.2) is 23.2 Å². The number of amides is 1. The van der Waals surface area contributed by atoms with Gasteiger partial charge >= 0.3 is 6.09 Å². The fourth-order valence-corrected chi connectivity index (χ4v) is 1.46. The van der Waals surface area contributed by atoms with Gasteiger partial charge in [0.1, 0.15) is 10.8 Å². The maximum absolute atomic E-state index is 11.9. The number of anilines is 1. The van der Waals surface area contributed by atoms with Gasteiger partial charge in [0.25, 0.3) is 0 Å². The second-order valence-corrected chi connectivity index (χ2v) is 4.95. The molecular formula is C12H17ClN2O2. The van der Waals surface area contributed by atoms with Crippen molar-refractivity contribution in [2.75, 3.05) is 11.4 Å². The first-order chi connectivity index (χ1) is 7.83. The van der Waals surface area contributed by atoms with Gasteiger partial charge in [0.2, 0.25) is 0 Å². The molecule has 0 aliphatic carbocycles. The van der Waals surface area contributed by atoms with Gasteiger partial charge in [-0.15, -0.1) is 0 Å². The molecule has 0 unspecified atom stereocenters. The highest BCUT2D eigenvalue weighted by Gasteiger charge is 2.22. The lowest BCUT2D eigenvalue weighted by atomic mass is 10.2. The number of carbonyl (C=O) groups excluding carboxylic acids is 1. The highest BCUT2D eigenvalue weighted by atomic mass is 35.5. The van der Waals surface area contributed by atoms with Crippen LogP contribution in [0.4, 0.5) is 10.5 Å². The molecule has 0 aliphatic rings. The van der Waals surface area contributed by atoms with E-state index in [1.165, 1.54) is 4.90 Å². The Morgan fingerprint density at radius 2 is 2.18 bits per heavy atom. The van der Waals surface area contributed by atoms with E-state index in [0.29, 0.717) is 17.4 Å². The average Bonchev–Trinajstić information content (AvgIpc) is 2.15. The predicted octanol–water partition coefficient (Wildman–Crippen LogP) is 3.50. The first-order valence-corrected chi connectivity index (χ1v) is 5.83. The van der Waals surface area contributed by atoms with Crippen LogP contribution in [0.25, 0.3) is 0 Å². The van der Waals surface area contributed by atoms with Crippen molar-refractivity contribution in [1.29, 1.82) is 0 Å². The summed E-state index contributed by atoms with van der Waals surface area (Å²) in [4.78, 5) is 17.3. The molecule has 1 aromatic rings. The summed E-state index contributed by atoms with van der Waals surface area (Å²) >= 11 is 5.79. The molecule has 17 heavy (non-hydrogen) atoms. The van der Waals surface area contributed by atoms with E-state index in [1.54, 1.807) is 18.3 Å². The van der Waals surface area contributed by atoms with Gasteiger partial charge in [-0.05, 0) is 39.8 Å². The van der Waals surface area contributed by atoms with Crippen LogP contribution >= 0.6 is 11.6 Å². The molecule has 0 bridgehead atoms. The summed E-state index contributed by atoms with van der Waals surface area (Å²) in [6.45, 7) is 7.88. The van der Waals surface area contributed by atoms with Crippen LogP contribution in [0.15, 0.2) is 18.3 Å². The average molecular weight is 257 g/mol. The maximum Gasteiger partial charge on any atom is 0.414 e. The quantitative estimate of drug-likeness (QED) is 0.761. The Balaban J connectivity index is 2.88. The smallest absolute Gasteiger partial charge is 0.414 e. The number of halogens is 1. The van der Waals surface area contributed by atoms with Crippen molar-refractivity contribution in [2.45, 2.75) is 33.3 Å². The van der Waals surface area contributed by atoms with E-state index < -0.39 is 5.60 Å². The van der Waals surface area contributed by atoms with Crippen molar-refractivity contribution in [2.24, 2.45) is 0 Å². The van der Waals surface area contributed by atoms with Gasteiger partial charge in [-0.25, -0.2) is 9.78 Å². The zero-order valence-corrected chi connectivity index (χ0v) is 11.3. The number of hydrogen-bond acceptors (Lipinski definition) is 3. The monoisotopic (exact) mass is 256 g/mol. The molecule has 0 fully saturated rings. The predicted molar refractivity (Wildman–Crippen MR) is 68.5 cm³/mol. The van der Waals surface area contributed by atoms with Crippen LogP contribution in [0.3, 0.4) is 0 Å². The summed E-state index contributed by atoms with van der Waals surface area (Å²) in [7, 11) is 0. The van der Waals surface area contributed by atoms with Crippen molar-refractivity contribution in [1.82, 2.24) is 4.98 Å². The van der Waals surface area contributed by atoms with Crippen molar-refractivity contribution in [3.05, 3.63) is 23.5 Å². The zero-order chi connectivity index (χ0) is 13.1. The number of rotatable bonds is 2. The highest BCUT2D eigenvalue weighted by molar-refractivity contribution is 6.29. The lowest BCUT2D eigenvalue weighted by Crippen LogP contribution is -2.36. The first-order valence-electron chi connectivity index (χ1n) is 5.45. The standard InChI is InChI=1S/C12H17ClN2O2/c1-5-15(11(16)17-12(2,3)4)9-6-7-14-10(13)8-9/h6-8H,5H2,1-4H3. The fourth-order valence-electron chi connectivity index (χ4n) is 1.29. The molecule has 0 N–H and O–H groups in total. The summed E-state index contributed by atoms with van der Waals surface area (Å²) in [6, 6.07) is 3.36.